The Balaban J connectivity index is 1.73. The molecule has 0 aliphatic carbocycles. The van der Waals surface area contributed by atoms with Gasteiger partial charge in [0.25, 0.3) is 0 Å². The Morgan fingerprint density at radius 2 is 2.05 bits per heavy atom. The zero-order valence-electron chi connectivity index (χ0n) is 12.2. The Bertz CT molecular complexity index is 405. The van der Waals surface area contributed by atoms with Gasteiger partial charge in [0, 0.05) is 30.8 Å². The van der Waals surface area contributed by atoms with Crippen LogP contribution < -0.4 is 5.32 Å². The first-order chi connectivity index (χ1) is 9.69. The number of aliphatic hydroxyl groups is 1. The number of halogens is 1. The van der Waals surface area contributed by atoms with Crippen LogP contribution in [-0.2, 0) is 6.54 Å². The van der Waals surface area contributed by atoms with Crippen LogP contribution in [0.25, 0.3) is 0 Å². The molecule has 1 aromatic rings. The maximum absolute atomic E-state index is 9.04. The van der Waals surface area contributed by atoms with Gasteiger partial charge in [0.1, 0.15) is 0 Å². The zero-order valence-corrected chi connectivity index (χ0v) is 12.9. The van der Waals surface area contributed by atoms with Crippen LogP contribution in [0.1, 0.15) is 25.3 Å². The number of likely N-dealkylation sites (tertiary alicyclic amines) is 1. The van der Waals surface area contributed by atoms with E-state index in [0.717, 1.165) is 31.2 Å². The third-order valence-electron chi connectivity index (χ3n) is 4.01. The first-order valence-corrected chi connectivity index (χ1v) is 7.87. The molecule has 1 heterocycles. The largest absolute Gasteiger partial charge is 0.396 e. The second-order valence-electron chi connectivity index (χ2n) is 5.84. The average Bonchev–Trinajstić information content (AvgIpc) is 2.48. The Labute approximate surface area is 126 Å². The van der Waals surface area contributed by atoms with Crippen LogP contribution in [0.4, 0.5) is 0 Å². The summed E-state index contributed by atoms with van der Waals surface area (Å²) in [7, 11) is 0. The number of piperidine rings is 1. The summed E-state index contributed by atoms with van der Waals surface area (Å²) in [6.45, 7) is 6.40. The molecule has 20 heavy (non-hydrogen) atoms. The molecule has 2 N–H and O–H groups in total. The maximum atomic E-state index is 9.04. The summed E-state index contributed by atoms with van der Waals surface area (Å²) in [5.41, 5.74) is 1.22. The molecule has 112 valence electrons. The number of hydrogen-bond acceptors (Lipinski definition) is 3. The van der Waals surface area contributed by atoms with Crippen LogP contribution in [0.3, 0.4) is 0 Å². The van der Waals surface area contributed by atoms with E-state index in [9.17, 15) is 0 Å². The molecule has 0 saturated carbocycles. The number of nitrogens with one attached hydrogen (secondary N) is 1. The molecule has 1 aliphatic rings. The molecular weight excluding hydrogens is 272 g/mol. The third-order valence-corrected chi connectivity index (χ3v) is 4.37. The van der Waals surface area contributed by atoms with Gasteiger partial charge in [-0.2, -0.15) is 0 Å². The predicted octanol–water partition coefficient (Wildman–Crippen LogP) is 2.52. The van der Waals surface area contributed by atoms with Gasteiger partial charge in [-0.05, 0) is 43.5 Å². The summed E-state index contributed by atoms with van der Waals surface area (Å²) in [6.07, 6.45) is 2.34. The lowest BCUT2D eigenvalue weighted by atomic mass is 10.0. The van der Waals surface area contributed by atoms with Crippen molar-refractivity contribution in [3.63, 3.8) is 0 Å². The molecule has 4 heteroatoms. The Hall–Kier alpha value is -0.610. The summed E-state index contributed by atoms with van der Waals surface area (Å²) in [4.78, 5) is 2.47. The Kier molecular flexibility index (Phi) is 6.30. The van der Waals surface area contributed by atoms with Crippen molar-refractivity contribution in [3.05, 3.63) is 34.9 Å². The third kappa shape index (κ3) is 4.74. The topological polar surface area (TPSA) is 35.5 Å². The molecule has 1 atom stereocenters. The van der Waals surface area contributed by atoms with Crippen LogP contribution in [-0.4, -0.2) is 42.3 Å². The van der Waals surface area contributed by atoms with Gasteiger partial charge < -0.3 is 10.4 Å². The van der Waals surface area contributed by atoms with Gasteiger partial charge in [0.05, 0.1) is 0 Å². The molecule has 1 fully saturated rings. The molecule has 0 amide bonds. The second kappa shape index (κ2) is 7.99. The van der Waals surface area contributed by atoms with E-state index < -0.39 is 0 Å². The molecule has 1 aliphatic heterocycles. The number of nitrogens with zero attached hydrogens (tertiary/aromatic N) is 1. The number of rotatable bonds is 6. The smallest absolute Gasteiger partial charge is 0.0468 e. The fraction of sp³-hybridized carbons (Fsp3) is 0.625. The van der Waals surface area contributed by atoms with E-state index in [0.29, 0.717) is 12.0 Å². The van der Waals surface area contributed by atoms with Crippen molar-refractivity contribution >= 4 is 11.6 Å². The van der Waals surface area contributed by atoms with E-state index in [1.165, 1.54) is 18.4 Å². The van der Waals surface area contributed by atoms with Gasteiger partial charge >= 0.3 is 0 Å². The Morgan fingerprint density at radius 1 is 1.35 bits per heavy atom. The highest BCUT2D eigenvalue weighted by atomic mass is 35.5. The highest BCUT2D eigenvalue weighted by Crippen LogP contribution is 2.19. The molecule has 0 aromatic heterocycles. The van der Waals surface area contributed by atoms with Gasteiger partial charge in [-0.3, -0.25) is 4.90 Å². The predicted molar refractivity (Wildman–Crippen MR) is 84.0 cm³/mol. The van der Waals surface area contributed by atoms with Crippen molar-refractivity contribution in [1.82, 2.24) is 10.2 Å². The maximum Gasteiger partial charge on any atom is 0.0468 e. The van der Waals surface area contributed by atoms with Gasteiger partial charge in [-0.25, -0.2) is 0 Å². The zero-order chi connectivity index (χ0) is 14.4. The van der Waals surface area contributed by atoms with E-state index in [-0.39, 0.29) is 6.61 Å². The summed E-state index contributed by atoms with van der Waals surface area (Å²) >= 11 is 6.21. The fourth-order valence-electron chi connectivity index (χ4n) is 2.60. The van der Waals surface area contributed by atoms with Crippen LogP contribution in [0, 0.1) is 5.92 Å². The van der Waals surface area contributed by atoms with E-state index in [2.05, 4.69) is 23.2 Å². The molecule has 1 saturated heterocycles. The summed E-state index contributed by atoms with van der Waals surface area (Å²) in [5.74, 6) is 0.344. The number of hydrogen-bond donors (Lipinski definition) is 2. The first kappa shape index (κ1) is 15.8. The van der Waals surface area contributed by atoms with Crippen LogP contribution in [0.15, 0.2) is 24.3 Å². The van der Waals surface area contributed by atoms with Crippen LogP contribution >= 0.6 is 11.6 Å². The van der Waals surface area contributed by atoms with E-state index in [4.69, 9.17) is 16.7 Å². The highest BCUT2D eigenvalue weighted by molar-refractivity contribution is 6.31. The molecule has 3 nitrogen and oxygen atoms in total. The van der Waals surface area contributed by atoms with E-state index >= 15 is 0 Å². The summed E-state index contributed by atoms with van der Waals surface area (Å²) in [5, 5.41) is 13.5. The van der Waals surface area contributed by atoms with Crippen molar-refractivity contribution in [1.29, 1.82) is 0 Å². The number of benzene rings is 1. The second-order valence-corrected chi connectivity index (χ2v) is 6.25. The lowest BCUT2D eigenvalue weighted by molar-refractivity contribution is 0.180. The SMILES string of the molecule is CC(CO)CNC1CCN(Cc2ccccc2Cl)CC1. The highest BCUT2D eigenvalue weighted by Gasteiger charge is 2.19. The van der Waals surface area contributed by atoms with E-state index in [1.54, 1.807) is 0 Å². The van der Waals surface area contributed by atoms with Crippen LogP contribution in [0.2, 0.25) is 5.02 Å². The molecule has 0 bridgehead atoms. The fourth-order valence-corrected chi connectivity index (χ4v) is 2.79. The quantitative estimate of drug-likeness (QED) is 0.847. The molecule has 2 rings (SSSR count). The minimum Gasteiger partial charge on any atom is -0.396 e. The lowest BCUT2D eigenvalue weighted by Crippen LogP contribution is -2.43. The Morgan fingerprint density at radius 3 is 2.70 bits per heavy atom. The van der Waals surface area contributed by atoms with Crippen molar-refractivity contribution in [3.8, 4) is 0 Å². The normalized spacial score (nSPS) is 19.1. The van der Waals surface area contributed by atoms with Crippen molar-refractivity contribution in [2.45, 2.75) is 32.4 Å². The number of aliphatic hydroxyl groups excluding tert-OH is 1. The van der Waals surface area contributed by atoms with Crippen molar-refractivity contribution < 1.29 is 5.11 Å². The van der Waals surface area contributed by atoms with Gasteiger partial charge in [0.15, 0.2) is 0 Å². The molecule has 0 radical (unpaired) electrons. The van der Waals surface area contributed by atoms with Crippen molar-refractivity contribution in [2.75, 3.05) is 26.2 Å². The first-order valence-electron chi connectivity index (χ1n) is 7.49. The lowest BCUT2D eigenvalue weighted by Gasteiger charge is -2.33. The molecule has 0 spiro atoms. The van der Waals surface area contributed by atoms with Crippen LogP contribution in [0.5, 0.6) is 0 Å². The average molecular weight is 297 g/mol. The standard InChI is InChI=1S/C16H25ClN2O/c1-13(12-20)10-18-15-6-8-19(9-7-15)11-14-4-2-3-5-16(14)17/h2-5,13,15,18,20H,6-12H2,1H3. The van der Waals surface area contributed by atoms with Crippen molar-refractivity contribution in [2.24, 2.45) is 5.92 Å². The minimum atomic E-state index is 0.262. The van der Waals surface area contributed by atoms with E-state index in [1.807, 2.05) is 18.2 Å². The molecule has 1 aromatic carbocycles. The summed E-state index contributed by atoms with van der Waals surface area (Å²) < 4.78 is 0. The minimum absolute atomic E-state index is 0.262. The van der Waals surface area contributed by atoms with Gasteiger partial charge in [-0.1, -0.05) is 36.7 Å². The molecule has 1 unspecified atom stereocenters. The van der Waals surface area contributed by atoms with Gasteiger partial charge in [-0.15, -0.1) is 0 Å². The monoisotopic (exact) mass is 296 g/mol. The van der Waals surface area contributed by atoms with Gasteiger partial charge in [0.2, 0.25) is 0 Å². The summed E-state index contributed by atoms with van der Waals surface area (Å²) in [6, 6.07) is 8.68. The molecular formula is C16H25ClN2O.